The zero-order valence-corrected chi connectivity index (χ0v) is 11.8. The zero-order valence-electron chi connectivity index (χ0n) is 11.8. The molecule has 0 bridgehead atoms. The number of benzene rings is 1. The second-order valence-electron chi connectivity index (χ2n) is 5.21. The molecule has 1 N–H and O–H groups in total. The van der Waals surface area contributed by atoms with Crippen LogP contribution in [0.15, 0.2) is 22.7 Å². The Bertz CT molecular complexity index is 658. The van der Waals surface area contributed by atoms with Crippen LogP contribution in [0.2, 0.25) is 0 Å². The van der Waals surface area contributed by atoms with E-state index in [-0.39, 0.29) is 5.91 Å². The molecule has 0 saturated heterocycles. The highest BCUT2D eigenvalue weighted by Crippen LogP contribution is 2.25. The lowest BCUT2D eigenvalue weighted by Crippen LogP contribution is -2.14. The molecule has 1 aromatic carbocycles. The van der Waals surface area contributed by atoms with Gasteiger partial charge >= 0.3 is 0 Å². The van der Waals surface area contributed by atoms with Gasteiger partial charge in [-0.3, -0.25) is 4.79 Å². The Balaban J connectivity index is 1.84. The summed E-state index contributed by atoms with van der Waals surface area (Å²) in [5, 5.41) is 6.87. The van der Waals surface area contributed by atoms with Gasteiger partial charge in [-0.15, -0.1) is 0 Å². The summed E-state index contributed by atoms with van der Waals surface area (Å²) >= 11 is 0. The number of rotatable bonds is 3. The maximum atomic E-state index is 12.4. The van der Waals surface area contributed by atoms with E-state index < -0.39 is 0 Å². The van der Waals surface area contributed by atoms with Crippen molar-refractivity contribution in [3.05, 3.63) is 46.3 Å². The smallest absolute Gasteiger partial charge is 0.261 e. The minimum Gasteiger partial charge on any atom is -0.361 e. The number of nitrogens with zero attached hydrogens (tertiary/aromatic N) is 1. The monoisotopic (exact) mass is 270 g/mol. The molecule has 2 aromatic rings. The standard InChI is InChI=1S/C16H18N2O2/c1-3-14-15(10(2)20-18-14)16(19)17-13-8-7-11-5-4-6-12(11)9-13/h7-9H,3-6H2,1-2H3,(H,17,19). The zero-order chi connectivity index (χ0) is 14.1. The molecule has 0 aliphatic heterocycles. The van der Waals surface area contributed by atoms with Crippen LogP contribution < -0.4 is 5.32 Å². The highest BCUT2D eigenvalue weighted by molar-refractivity contribution is 6.05. The Hall–Kier alpha value is -2.10. The number of carbonyl (C=O) groups excluding carboxylic acids is 1. The van der Waals surface area contributed by atoms with Crippen LogP contribution in [0.4, 0.5) is 5.69 Å². The van der Waals surface area contributed by atoms with Gasteiger partial charge in [-0.25, -0.2) is 0 Å². The number of hydrogen-bond donors (Lipinski definition) is 1. The number of nitrogens with one attached hydrogen (secondary N) is 1. The number of aryl methyl sites for hydroxylation is 4. The van der Waals surface area contributed by atoms with Crippen LogP contribution >= 0.6 is 0 Å². The molecule has 0 spiro atoms. The Morgan fingerprint density at radius 2 is 2.15 bits per heavy atom. The number of aromatic nitrogens is 1. The highest BCUT2D eigenvalue weighted by Gasteiger charge is 2.19. The van der Waals surface area contributed by atoms with E-state index in [1.165, 1.54) is 17.5 Å². The molecule has 0 atom stereocenters. The molecule has 4 heteroatoms. The summed E-state index contributed by atoms with van der Waals surface area (Å²) in [6.45, 7) is 3.73. The first-order chi connectivity index (χ1) is 9.69. The van der Waals surface area contributed by atoms with Crippen molar-refractivity contribution >= 4 is 11.6 Å². The topological polar surface area (TPSA) is 55.1 Å². The Labute approximate surface area is 118 Å². The quantitative estimate of drug-likeness (QED) is 0.931. The molecule has 20 heavy (non-hydrogen) atoms. The van der Waals surface area contributed by atoms with Crippen molar-refractivity contribution in [2.45, 2.75) is 39.5 Å². The molecule has 0 saturated carbocycles. The Morgan fingerprint density at radius 1 is 1.35 bits per heavy atom. The summed E-state index contributed by atoms with van der Waals surface area (Å²) in [4.78, 5) is 12.4. The van der Waals surface area contributed by atoms with Crippen LogP contribution in [0.3, 0.4) is 0 Å². The van der Waals surface area contributed by atoms with Crippen molar-refractivity contribution < 1.29 is 9.32 Å². The lowest BCUT2D eigenvalue weighted by atomic mass is 10.1. The van der Waals surface area contributed by atoms with Crippen molar-refractivity contribution in [1.29, 1.82) is 0 Å². The predicted octanol–water partition coefficient (Wildman–Crippen LogP) is 3.29. The first-order valence-corrected chi connectivity index (χ1v) is 7.07. The molecular formula is C16H18N2O2. The number of anilines is 1. The summed E-state index contributed by atoms with van der Waals surface area (Å²) in [6, 6.07) is 6.16. The summed E-state index contributed by atoms with van der Waals surface area (Å²) in [5.41, 5.74) is 4.87. The van der Waals surface area contributed by atoms with E-state index in [4.69, 9.17) is 4.52 Å². The van der Waals surface area contributed by atoms with E-state index in [0.717, 1.165) is 18.5 Å². The molecule has 1 amide bonds. The predicted molar refractivity (Wildman–Crippen MR) is 77.0 cm³/mol. The molecule has 104 valence electrons. The van der Waals surface area contributed by atoms with Crippen LogP contribution in [0.5, 0.6) is 0 Å². The first-order valence-electron chi connectivity index (χ1n) is 7.07. The second kappa shape index (κ2) is 5.12. The number of fused-ring (bicyclic) bond motifs is 1. The fourth-order valence-corrected chi connectivity index (χ4v) is 2.79. The molecule has 3 rings (SSSR count). The third kappa shape index (κ3) is 2.22. The van der Waals surface area contributed by atoms with Gasteiger partial charge in [0.25, 0.3) is 5.91 Å². The van der Waals surface area contributed by atoms with Crippen LogP contribution in [0.1, 0.15) is 46.3 Å². The lowest BCUT2D eigenvalue weighted by molar-refractivity contribution is 0.102. The maximum absolute atomic E-state index is 12.4. The number of amides is 1. The third-order valence-electron chi connectivity index (χ3n) is 3.85. The maximum Gasteiger partial charge on any atom is 0.261 e. The van der Waals surface area contributed by atoms with Crippen LogP contribution in [-0.4, -0.2) is 11.1 Å². The molecule has 4 nitrogen and oxygen atoms in total. The molecule has 0 fully saturated rings. The summed E-state index contributed by atoms with van der Waals surface area (Å²) < 4.78 is 5.11. The molecule has 1 aliphatic rings. The SMILES string of the molecule is CCc1noc(C)c1C(=O)Nc1ccc2c(c1)CCC2. The van der Waals surface area contributed by atoms with Crippen LogP contribution in [0, 0.1) is 6.92 Å². The average molecular weight is 270 g/mol. The first kappa shape index (κ1) is 12.9. The van der Waals surface area contributed by atoms with Gasteiger partial charge in [0.15, 0.2) is 0 Å². The van der Waals surface area contributed by atoms with Gasteiger partial charge < -0.3 is 9.84 Å². The van der Waals surface area contributed by atoms with Crippen molar-refractivity contribution in [2.75, 3.05) is 5.32 Å². The molecule has 1 aromatic heterocycles. The Kier molecular flexibility index (Phi) is 3.30. The van der Waals surface area contributed by atoms with E-state index >= 15 is 0 Å². The number of hydrogen-bond acceptors (Lipinski definition) is 3. The fourth-order valence-electron chi connectivity index (χ4n) is 2.79. The lowest BCUT2D eigenvalue weighted by Gasteiger charge is -2.07. The Morgan fingerprint density at radius 3 is 2.95 bits per heavy atom. The highest BCUT2D eigenvalue weighted by atomic mass is 16.5. The summed E-state index contributed by atoms with van der Waals surface area (Å²) in [5.74, 6) is 0.430. The summed E-state index contributed by atoms with van der Waals surface area (Å²) in [6.07, 6.45) is 4.14. The van der Waals surface area contributed by atoms with E-state index in [1.54, 1.807) is 6.92 Å². The summed E-state index contributed by atoms with van der Waals surface area (Å²) in [7, 11) is 0. The van der Waals surface area contributed by atoms with Gasteiger partial charge in [0.05, 0.1) is 5.69 Å². The van der Waals surface area contributed by atoms with Gasteiger partial charge in [0, 0.05) is 5.69 Å². The van der Waals surface area contributed by atoms with E-state index in [2.05, 4.69) is 22.6 Å². The average Bonchev–Trinajstić information content (AvgIpc) is 3.04. The largest absolute Gasteiger partial charge is 0.361 e. The van der Waals surface area contributed by atoms with Crippen LogP contribution in [0.25, 0.3) is 0 Å². The van der Waals surface area contributed by atoms with Crippen molar-refractivity contribution in [3.63, 3.8) is 0 Å². The van der Waals surface area contributed by atoms with E-state index in [9.17, 15) is 4.79 Å². The number of carbonyl (C=O) groups is 1. The van der Waals surface area contributed by atoms with Crippen molar-refractivity contribution in [2.24, 2.45) is 0 Å². The van der Waals surface area contributed by atoms with Gasteiger partial charge in [-0.2, -0.15) is 0 Å². The minimum atomic E-state index is -0.140. The van der Waals surface area contributed by atoms with Gasteiger partial charge in [-0.1, -0.05) is 18.1 Å². The van der Waals surface area contributed by atoms with E-state index in [1.807, 2.05) is 13.0 Å². The molecule has 1 heterocycles. The molecule has 0 unspecified atom stereocenters. The molecular weight excluding hydrogens is 252 g/mol. The van der Waals surface area contributed by atoms with E-state index in [0.29, 0.717) is 23.4 Å². The fraction of sp³-hybridized carbons (Fsp3) is 0.375. The van der Waals surface area contributed by atoms with Crippen molar-refractivity contribution in [3.8, 4) is 0 Å². The van der Waals surface area contributed by atoms with Crippen LogP contribution in [-0.2, 0) is 19.3 Å². The van der Waals surface area contributed by atoms with Gasteiger partial charge in [0.1, 0.15) is 11.3 Å². The van der Waals surface area contributed by atoms with Crippen molar-refractivity contribution in [1.82, 2.24) is 5.16 Å². The van der Waals surface area contributed by atoms with Gasteiger partial charge in [0.2, 0.25) is 0 Å². The normalized spacial score (nSPS) is 13.3. The third-order valence-corrected chi connectivity index (χ3v) is 3.85. The second-order valence-corrected chi connectivity index (χ2v) is 5.21. The molecule has 1 aliphatic carbocycles. The minimum absolute atomic E-state index is 0.140. The van der Waals surface area contributed by atoms with Gasteiger partial charge in [-0.05, 0) is 55.9 Å². The molecule has 0 radical (unpaired) electrons.